The average molecular weight is 351 g/mol. The molecular weight excluding hydrogens is 334 g/mol. The molecule has 0 saturated carbocycles. The smallest absolute Gasteiger partial charge is 0.293 e. The summed E-state index contributed by atoms with van der Waals surface area (Å²) < 4.78 is 28.1. The minimum atomic E-state index is -4.00. The van der Waals surface area contributed by atoms with Crippen LogP contribution in [0.3, 0.4) is 0 Å². The van der Waals surface area contributed by atoms with Gasteiger partial charge in [-0.1, -0.05) is 17.7 Å². The summed E-state index contributed by atoms with van der Waals surface area (Å²) in [7, 11) is -4.00. The number of hydrogen-bond acceptors (Lipinski definition) is 6. The highest BCUT2D eigenvalue weighted by Crippen LogP contribution is 2.27. The van der Waals surface area contributed by atoms with E-state index in [-0.39, 0.29) is 22.9 Å². The lowest BCUT2D eigenvalue weighted by Gasteiger charge is -2.10. The minimum absolute atomic E-state index is 0.194. The second kappa shape index (κ2) is 7.28. The zero-order chi connectivity index (χ0) is 17.7. The van der Waals surface area contributed by atoms with E-state index in [0.717, 1.165) is 11.6 Å². The molecule has 2 aromatic carbocycles. The number of primary sulfonamides is 1. The van der Waals surface area contributed by atoms with Crippen LogP contribution in [0.4, 0.5) is 11.4 Å². The average Bonchev–Trinajstić information content (AvgIpc) is 2.52. The lowest BCUT2D eigenvalue weighted by atomic mass is 10.2. The summed E-state index contributed by atoms with van der Waals surface area (Å²) in [4.78, 5) is 10.1. The fourth-order valence-electron chi connectivity index (χ4n) is 1.98. The number of rotatable bonds is 7. The Hall–Kier alpha value is -2.65. The third-order valence-electron chi connectivity index (χ3n) is 3.20. The largest absolute Gasteiger partial charge is 0.492 e. The van der Waals surface area contributed by atoms with Crippen LogP contribution in [-0.4, -0.2) is 26.5 Å². The Morgan fingerprint density at radius 3 is 2.46 bits per heavy atom. The summed E-state index contributed by atoms with van der Waals surface area (Å²) in [6.07, 6.45) is 0. The van der Waals surface area contributed by atoms with Crippen molar-refractivity contribution in [1.82, 2.24) is 0 Å². The Bertz CT molecular complexity index is 835. The lowest BCUT2D eigenvalue weighted by Crippen LogP contribution is -2.15. The van der Waals surface area contributed by atoms with Crippen molar-refractivity contribution in [2.24, 2.45) is 5.14 Å². The van der Waals surface area contributed by atoms with Gasteiger partial charge >= 0.3 is 0 Å². The predicted octanol–water partition coefficient (Wildman–Crippen LogP) is 2.04. The summed E-state index contributed by atoms with van der Waals surface area (Å²) in [5, 5.41) is 18.9. The SMILES string of the molecule is Cc1ccc(OCCNc2ccc(S(N)(=O)=O)cc2[N+](=O)[O-])cc1. The summed E-state index contributed by atoms with van der Waals surface area (Å²) in [6.45, 7) is 2.57. The van der Waals surface area contributed by atoms with Gasteiger partial charge in [-0.2, -0.15) is 0 Å². The van der Waals surface area contributed by atoms with Crippen LogP contribution >= 0.6 is 0 Å². The molecule has 0 aliphatic carbocycles. The molecule has 0 atom stereocenters. The molecule has 8 nitrogen and oxygen atoms in total. The predicted molar refractivity (Wildman–Crippen MR) is 89.6 cm³/mol. The standard InChI is InChI=1S/C15H17N3O5S/c1-11-2-4-12(5-3-11)23-9-8-17-14-7-6-13(24(16,21)22)10-15(14)18(19)20/h2-7,10,17H,8-9H2,1H3,(H2,16,21,22). The number of nitro groups is 1. The van der Waals surface area contributed by atoms with Crippen molar-refractivity contribution in [3.8, 4) is 5.75 Å². The number of sulfonamides is 1. The molecule has 0 heterocycles. The molecule has 2 aromatic rings. The van der Waals surface area contributed by atoms with E-state index < -0.39 is 14.9 Å². The zero-order valence-corrected chi connectivity index (χ0v) is 13.7. The summed E-state index contributed by atoms with van der Waals surface area (Å²) in [5.41, 5.74) is 0.947. The summed E-state index contributed by atoms with van der Waals surface area (Å²) in [5.74, 6) is 0.696. The van der Waals surface area contributed by atoms with Crippen molar-refractivity contribution in [2.45, 2.75) is 11.8 Å². The number of nitrogens with two attached hydrogens (primary N) is 1. The van der Waals surface area contributed by atoms with Crippen molar-refractivity contribution in [2.75, 3.05) is 18.5 Å². The van der Waals surface area contributed by atoms with E-state index in [9.17, 15) is 18.5 Å². The molecular formula is C15H17N3O5S. The van der Waals surface area contributed by atoms with Gasteiger partial charge in [-0.15, -0.1) is 0 Å². The van der Waals surface area contributed by atoms with E-state index in [1.165, 1.54) is 12.1 Å². The van der Waals surface area contributed by atoms with Crippen molar-refractivity contribution < 1.29 is 18.1 Å². The molecule has 0 fully saturated rings. The van der Waals surface area contributed by atoms with E-state index in [4.69, 9.17) is 9.88 Å². The highest BCUT2D eigenvalue weighted by Gasteiger charge is 2.18. The number of benzene rings is 2. The molecule has 0 saturated heterocycles. The maximum absolute atomic E-state index is 11.3. The normalized spacial score (nSPS) is 11.1. The third-order valence-corrected chi connectivity index (χ3v) is 4.11. The molecule has 0 unspecified atom stereocenters. The van der Waals surface area contributed by atoms with Gasteiger partial charge in [0.05, 0.1) is 9.82 Å². The fourth-order valence-corrected chi connectivity index (χ4v) is 2.51. The number of aryl methyl sites for hydroxylation is 1. The van der Waals surface area contributed by atoms with Crippen LogP contribution in [0.2, 0.25) is 0 Å². The lowest BCUT2D eigenvalue weighted by molar-refractivity contribution is -0.384. The first-order valence-electron chi connectivity index (χ1n) is 7.02. The zero-order valence-electron chi connectivity index (χ0n) is 12.9. The Kier molecular flexibility index (Phi) is 5.37. The van der Waals surface area contributed by atoms with Crippen LogP contribution < -0.4 is 15.2 Å². The second-order valence-electron chi connectivity index (χ2n) is 5.07. The van der Waals surface area contributed by atoms with Crippen LogP contribution in [0.5, 0.6) is 5.75 Å². The van der Waals surface area contributed by atoms with Gasteiger partial charge in [0.2, 0.25) is 10.0 Å². The molecule has 0 aromatic heterocycles. The highest BCUT2D eigenvalue weighted by atomic mass is 32.2. The minimum Gasteiger partial charge on any atom is -0.492 e. The number of nitrogens with zero attached hydrogens (tertiary/aromatic N) is 1. The van der Waals surface area contributed by atoms with E-state index in [0.29, 0.717) is 12.3 Å². The first-order valence-corrected chi connectivity index (χ1v) is 8.56. The molecule has 24 heavy (non-hydrogen) atoms. The fraction of sp³-hybridized carbons (Fsp3) is 0.200. The van der Waals surface area contributed by atoms with E-state index in [1.54, 1.807) is 0 Å². The number of nitro benzene ring substituents is 1. The van der Waals surface area contributed by atoms with Crippen LogP contribution in [0.15, 0.2) is 47.4 Å². The van der Waals surface area contributed by atoms with Gasteiger partial charge in [0.1, 0.15) is 18.0 Å². The second-order valence-corrected chi connectivity index (χ2v) is 6.63. The molecule has 0 aliphatic heterocycles. The van der Waals surface area contributed by atoms with Crippen molar-refractivity contribution in [3.05, 3.63) is 58.1 Å². The molecule has 128 valence electrons. The third kappa shape index (κ3) is 4.67. The Morgan fingerprint density at radius 1 is 1.21 bits per heavy atom. The quantitative estimate of drug-likeness (QED) is 0.447. The van der Waals surface area contributed by atoms with Gasteiger partial charge in [-0.3, -0.25) is 10.1 Å². The number of ether oxygens (including phenoxy) is 1. The Morgan fingerprint density at radius 2 is 1.88 bits per heavy atom. The van der Waals surface area contributed by atoms with Gasteiger partial charge in [0.25, 0.3) is 5.69 Å². The van der Waals surface area contributed by atoms with Crippen LogP contribution in [0, 0.1) is 17.0 Å². The van der Waals surface area contributed by atoms with E-state index in [1.807, 2.05) is 31.2 Å². The summed E-state index contributed by atoms with van der Waals surface area (Å²) in [6, 6.07) is 10.9. The number of anilines is 1. The highest BCUT2D eigenvalue weighted by molar-refractivity contribution is 7.89. The van der Waals surface area contributed by atoms with Gasteiger partial charge in [-0.05, 0) is 31.2 Å². The number of nitrogens with one attached hydrogen (secondary N) is 1. The Labute approximate surface area is 139 Å². The maximum atomic E-state index is 11.3. The monoisotopic (exact) mass is 351 g/mol. The van der Waals surface area contributed by atoms with Crippen LogP contribution in [0.1, 0.15) is 5.56 Å². The van der Waals surface area contributed by atoms with E-state index in [2.05, 4.69) is 5.32 Å². The first-order chi connectivity index (χ1) is 11.3. The van der Waals surface area contributed by atoms with Gasteiger partial charge in [0, 0.05) is 12.6 Å². The van der Waals surface area contributed by atoms with Gasteiger partial charge in [-0.25, -0.2) is 13.6 Å². The Balaban J connectivity index is 2.01. The molecule has 0 radical (unpaired) electrons. The molecule has 2 rings (SSSR count). The molecule has 0 bridgehead atoms. The van der Waals surface area contributed by atoms with Gasteiger partial charge in [0.15, 0.2) is 0 Å². The van der Waals surface area contributed by atoms with Crippen molar-refractivity contribution >= 4 is 21.4 Å². The molecule has 9 heteroatoms. The molecule has 0 aliphatic rings. The summed E-state index contributed by atoms with van der Waals surface area (Å²) >= 11 is 0. The topological polar surface area (TPSA) is 125 Å². The number of hydrogen-bond donors (Lipinski definition) is 2. The molecule has 3 N–H and O–H groups in total. The maximum Gasteiger partial charge on any atom is 0.293 e. The first kappa shape index (κ1) is 17.7. The van der Waals surface area contributed by atoms with Gasteiger partial charge < -0.3 is 10.1 Å². The van der Waals surface area contributed by atoms with Crippen molar-refractivity contribution in [1.29, 1.82) is 0 Å². The molecule has 0 amide bonds. The van der Waals surface area contributed by atoms with Crippen molar-refractivity contribution in [3.63, 3.8) is 0 Å². The molecule has 0 spiro atoms. The van der Waals surface area contributed by atoms with Crippen LogP contribution in [0.25, 0.3) is 0 Å². The van der Waals surface area contributed by atoms with E-state index >= 15 is 0 Å². The van der Waals surface area contributed by atoms with Crippen LogP contribution in [-0.2, 0) is 10.0 Å².